The molecule has 1 aliphatic carbocycles. The summed E-state index contributed by atoms with van der Waals surface area (Å²) in [5, 5.41) is 19.4. The second-order valence-corrected chi connectivity index (χ2v) is 11.8. The number of pyridine rings is 1. The minimum atomic E-state index is -2.87. The van der Waals surface area contributed by atoms with E-state index < -0.39 is 35.2 Å². The lowest BCUT2D eigenvalue weighted by molar-refractivity contribution is -0.123. The summed E-state index contributed by atoms with van der Waals surface area (Å²) in [6, 6.07) is 10.0. The number of aromatic nitrogens is 3. The normalized spacial score (nSPS) is 19.4. The van der Waals surface area contributed by atoms with Crippen molar-refractivity contribution in [1.82, 2.24) is 20.1 Å². The first-order chi connectivity index (χ1) is 21.4. The van der Waals surface area contributed by atoms with Crippen LogP contribution >= 0.6 is 0 Å². The summed E-state index contributed by atoms with van der Waals surface area (Å²) in [4.78, 5) is 31.0. The minimum absolute atomic E-state index is 0.0396. The highest BCUT2D eigenvalue weighted by Gasteiger charge is 2.47. The molecular weight excluding hydrogens is 591 g/mol. The molecule has 0 radical (unpaired) electrons. The first-order valence-corrected chi connectivity index (χ1v) is 14.5. The molecule has 1 fully saturated rings. The number of fused-ring (bicyclic) bond motifs is 2. The number of carbonyl (C=O) groups is 2. The number of ether oxygens (including phenoxy) is 2. The number of primary amides is 1. The number of hydrogen-bond acceptors (Lipinski definition) is 7. The summed E-state index contributed by atoms with van der Waals surface area (Å²) in [5.41, 5.74) is 4.65. The lowest BCUT2D eigenvalue weighted by Gasteiger charge is -2.35. The van der Waals surface area contributed by atoms with Crippen LogP contribution in [0.2, 0.25) is 0 Å². The number of nitrogens with zero attached hydrogens (tertiary/aromatic N) is 3. The number of benzene rings is 2. The molecule has 2 aromatic carbocycles. The number of carbonyl (C=O) groups excluding carboxylic acids is 2. The van der Waals surface area contributed by atoms with Crippen LogP contribution in [0.25, 0.3) is 22.2 Å². The van der Waals surface area contributed by atoms with Gasteiger partial charge in [0, 0.05) is 28.3 Å². The van der Waals surface area contributed by atoms with Crippen LogP contribution < -0.4 is 20.5 Å². The van der Waals surface area contributed by atoms with Crippen molar-refractivity contribution in [2.45, 2.75) is 50.2 Å². The molecule has 1 aliphatic heterocycles. The topological polar surface area (TPSA) is 142 Å². The van der Waals surface area contributed by atoms with Crippen LogP contribution in [0.15, 0.2) is 48.7 Å². The third-order valence-corrected chi connectivity index (χ3v) is 9.00. The number of aliphatic hydroxyl groups is 1. The van der Waals surface area contributed by atoms with Crippen LogP contribution in [0.5, 0.6) is 11.5 Å². The van der Waals surface area contributed by atoms with Gasteiger partial charge in [0.25, 0.3) is 5.91 Å². The molecular formula is C32H32F3N5O5. The highest BCUT2D eigenvalue weighted by atomic mass is 19.3. The maximum absolute atomic E-state index is 13.8. The Hall–Kier alpha value is -4.65. The first-order valence-electron chi connectivity index (χ1n) is 14.5. The van der Waals surface area contributed by atoms with Gasteiger partial charge in [-0.25, -0.2) is 14.1 Å². The Bertz CT molecular complexity index is 1790. The van der Waals surface area contributed by atoms with Crippen molar-refractivity contribution >= 4 is 22.7 Å². The quantitative estimate of drug-likeness (QED) is 0.248. The summed E-state index contributed by atoms with van der Waals surface area (Å²) in [7, 11) is 1.35. The van der Waals surface area contributed by atoms with Crippen LogP contribution in [0.4, 0.5) is 13.2 Å². The van der Waals surface area contributed by atoms with Gasteiger partial charge in [0.2, 0.25) is 5.91 Å². The molecule has 2 atom stereocenters. The van der Waals surface area contributed by atoms with Gasteiger partial charge in [-0.05, 0) is 68.1 Å². The van der Waals surface area contributed by atoms with E-state index in [9.17, 15) is 27.9 Å². The summed E-state index contributed by atoms with van der Waals surface area (Å²) >= 11 is 0. The molecule has 4 N–H and O–H groups in total. The third-order valence-electron chi connectivity index (χ3n) is 9.00. The van der Waals surface area contributed by atoms with E-state index in [4.69, 9.17) is 20.2 Å². The largest absolute Gasteiger partial charge is 0.494 e. The second-order valence-electron chi connectivity index (χ2n) is 11.8. The van der Waals surface area contributed by atoms with Crippen LogP contribution in [-0.2, 0) is 15.8 Å². The van der Waals surface area contributed by atoms with Crippen molar-refractivity contribution in [2.24, 2.45) is 11.7 Å². The molecule has 1 saturated carbocycles. The fourth-order valence-electron chi connectivity index (χ4n) is 6.29. The van der Waals surface area contributed by atoms with Crippen molar-refractivity contribution < 1.29 is 37.3 Å². The Labute approximate surface area is 256 Å². The molecule has 6 rings (SSSR count). The van der Waals surface area contributed by atoms with Crippen molar-refractivity contribution in [2.75, 3.05) is 20.3 Å². The second kappa shape index (κ2) is 11.4. The molecule has 2 aromatic heterocycles. The molecule has 0 bridgehead atoms. The number of nitrogens with two attached hydrogens (primary N) is 1. The monoisotopic (exact) mass is 623 g/mol. The van der Waals surface area contributed by atoms with Gasteiger partial charge in [0.15, 0.2) is 0 Å². The molecule has 4 aromatic rings. The minimum Gasteiger partial charge on any atom is -0.494 e. The SMILES string of the molecule is COc1cc(C(=O)NCC(O)(c2cc3c(c(-c4ccc(F)cc4)n2)OC[C@]3(C)C(N)=O)C2CCCC2)cc2cn(C(F)F)nc12. The van der Waals surface area contributed by atoms with E-state index >= 15 is 0 Å². The number of hydrogen-bond donors (Lipinski definition) is 3. The van der Waals surface area contributed by atoms with Crippen molar-refractivity contribution in [3.63, 3.8) is 0 Å². The number of alkyl halides is 2. The van der Waals surface area contributed by atoms with E-state index in [1.54, 1.807) is 13.0 Å². The number of rotatable bonds is 9. The summed E-state index contributed by atoms with van der Waals surface area (Å²) in [6.07, 6.45) is 4.17. The van der Waals surface area contributed by atoms with Crippen LogP contribution in [0.3, 0.4) is 0 Å². The van der Waals surface area contributed by atoms with Gasteiger partial charge < -0.3 is 25.6 Å². The maximum Gasteiger partial charge on any atom is 0.333 e. The highest BCUT2D eigenvalue weighted by Crippen LogP contribution is 2.48. The van der Waals surface area contributed by atoms with E-state index in [1.807, 2.05) is 0 Å². The fourth-order valence-corrected chi connectivity index (χ4v) is 6.29. The van der Waals surface area contributed by atoms with Crippen LogP contribution in [-0.4, -0.2) is 51.9 Å². The van der Waals surface area contributed by atoms with E-state index in [-0.39, 0.29) is 47.0 Å². The predicted molar refractivity (Wildman–Crippen MR) is 157 cm³/mol. The van der Waals surface area contributed by atoms with E-state index in [1.165, 1.54) is 43.5 Å². The number of methoxy groups -OCH3 is 1. The van der Waals surface area contributed by atoms with Crippen molar-refractivity contribution in [3.8, 4) is 22.8 Å². The third kappa shape index (κ3) is 5.24. The van der Waals surface area contributed by atoms with E-state index in [2.05, 4.69) is 10.4 Å². The zero-order valence-electron chi connectivity index (χ0n) is 24.6. The standard InChI is InChI=1S/C32H32F3N5O5/c1-31(29(36)42)16-45-27-22(31)13-24(38-26(27)17-7-9-21(33)10-8-17)32(43,20-5-3-4-6-20)15-37-28(41)18-11-19-14-40(30(34)35)39-25(19)23(12-18)44-2/h7-14,20,30,43H,3-6,15-16H2,1-2H3,(H2,36,42)(H,37,41)/t31-,32?/m0/s1. The van der Waals surface area contributed by atoms with Gasteiger partial charge in [-0.3, -0.25) is 9.59 Å². The highest BCUT2D eigenvalue weighted by molar-refractivity contribution is 6.00. The van der Waals surface area contributed by atoms with E-state index in [0.717, 1.165) is 19.0 Å². The lowest BCUT2D eigenvalue weighted by atomic mass is 9.78. The Morgan fingerprint density at radius 2 is 1.93 bits per heavy atom. The number of nitrogens with one attached hydrogen (secondary N) is 1. The molecule has 2 aliphatic rings. The Morgan fingerprint density at radius 3 is 2.58 bits per heavy atom. The molecule has 45 heavy (non-hydrogen) atoms. The van der Waals surface area contributed by atoms with Gasteiger partial charge in [-0.2, -0.15) is 13.9 Å². The lowest BCUT2D eigenvalue weighted by Crippen LogP contribution is -2.46. The first kappa shape index (κ1) is 30.4. The van der Waals surface area contributed by atoms with Gasteiger partial charge in [0.05, 0.1) is 19.3 Å². The van der Waals surface area contributed by atoms with Crippen molar-refractivity contribution in [1.29, 1.82) is 0 Å². The molecule has 10 nitrogen and oxygen atoms in total. The average molecular weight is 624 g/mol. The fraction of sp³-hybridized carbons (Fsp3) is 0.375. The maximum atomic E-state index is 13.8. The van der Waals surface area contributed by atoms with E-state index in [0.29, 0.717) is 40.1 Å². The molecule has 2 amide bonds. The Kier molecular flexibility index (Phi) is 7.67. The van der Waals surface area contributed by atoms with Gasteiger partial charge in [0.1, 0.15) is 46.1 Å². The molecule has 3 heterocycles. The smallest absolute Gasteiger partial charge is 0.333 e. The molecule has 0 spiro atoms. The van der Waals surface area contributed by atoms with Gasteiger partial charge in [-0.1, -0.05) is 12.8 Å². The summed E-state index contributed by atoms with van der Waals surface area (Å²) < 4.78 is 52.1. The molecule has 13 heteroatoms. The summed E-state index contributed by atoms with van der Waals surface area (Å²) in [5.74, 6) is -1.50. The predicted octanol–water partition coefficient (Wildman–Crippen LogP) is 4.58. The number of amides is 2. The molecule has 1 unspecified atom stereocenters. The number of halogens is 3. The van der Waals surface area contributed by atoms with Crippen LogP contribution in [0, 0.1) is 11.7 Å². The Balaban J connectivity index is 1.41. The zero-order valence-corrected chi connectivity index (χ0v) is 24.6. The van der Waals surface area contributed by atoms with Crippen LogP contribution in [0.1, 0.15) is 60.8 Å². The molecule has 0 saturated heterocycles. The van der Waals surface area contributed by atoms with Crippen molar-refractivity contribution in [3.05, 3.63) is 71.3 Å². The average Bonchev–Trinajstić information content (AvgIpc) is 3.79. The zero-order chi connectivity index (χ0) is 32.1. The van der Waals surface area contributed by atoms with Gasteiger partial charge in [-0.15, -0.1) is 0 Å². The molecule has 236 valence electrons. The summed E-state index contributed by atoms with van der Waals surface area (Å²) in [6.45, 7) is -1.52. The Morgan fingerprint density at radius 1 is 1.22 bits per heavy atom. The van der Waals surface area contributed by atoms with Gasteiger partial charge >= 0.3 is 6.55 Å².